The number of amides is 3. The molecule has 0 radical (unpaired) electrons. The van der Waals surface area contributed by atoms with Crippen LogP contribution in [-0.2, 0) is 20.8 Å². The van der Waals surface area contributed by atoms with Crippen LogP contribution in [0.25, 0.3) is 0 Å². The molecule has 0 bridgehead atoms. The first-order valence-electron chi connectivity index (χ1n) is 7.24. The Balaban J connectivity index is 1.96. The summed E-state index contributed by atoms with van der Waals surface area (Å²) in [6, 6.07) is 5.89. The Labute approximate surface area is 124 Å². The lowest BCUT2D eigenvalue weighted by molar-refractivity contribution is -0.138. The molecule has 3 amide bonds. The van der Waals surface area contributed by atoms with Crippen LogP contribution in [0, 0.1) is 6.92 Å². The van der Waals surface area contributed by atoms with Gasteiger partial charge in [-0.25, -0.2) is 0 Å². The van der Waals surface area contributed by atoms with Crippen LogP contribution in [0.4, 0.5) is 5.69 Å². The Bertz CT molecular complexity index is 565. The molecule has 1 fully saturated rings. The third kappa shape index (κ3) is 3.48. The highest BCUT2D eigenvalue weighted by Gasteiger charge is 2.28. The summed E-state index contributed by atoms with van der Waals surface area (Å²) < 4.78 is 0. The highest BCUT2D eigenvalue weighted by molar-refractivity contribution is 6.02. The fraction of sp³-hybridized carbons (Fsp3) is 0.438. The lowest BCUT2D eigenvalue weighted by Crippen LogP contribution is -2.32. The van der Waals surface area contributed by atoms with Gasteiger partial charge in [-0.15, -0.1) is 0 Å². The maximum atomic E-state index is 12.0. The van der Waals surface area contributed by atoms with Gasteiger partial charge in [0.15, 0.2) is 0 Å². The predicted molar refractivity (Wildman–Crippen MR) is 79.8 cm³/mol. The van der Waals surface area contributed by atoms with E-state index in [0.29, 0.717) is 0 Å². The first-order valence-corrected chi connectivity index (χ1v) is 7.24. The summed E-state index contributed by atoms with van der Waals surface area (Å²) >= 11 is 0. The van der Waals surface area contributed by atoms with Gasteiger partial charge >= 0.3 is 0 Å². The van der Waals surface area contributed by atoms with Crippen molar-refractivity contribution in [3.05, 3.63) is 29.3 Å². The van der Waals surface area contributed by atoms with E-state index in [9.17, 15) is 14.4 Å². The van der Waals surface area contributed by atoms with Crippen molar-refractivity contribution in [3.8, 4) is 0 Å². The van der Waals surface area contributed by atoms with Crippen LogP contribution in [-0.4, -0.2) is 29.2 Å². The number of carbonyl (C=O) groups is 3. The van der Waals surface area contributed by atoms with Gasteiger partial charge in [0.25, 0.3) is 0 Å². The first-order chi connectivity index (χ1) is 10.0. The molecule has 0 atom stereocenters. The van der Waals surface area contributed by atoms with Crippen LogP contribution < -0.4 is 5.32 Å². The number of likely N-dealkylation sites (tertiary alicyclic amines) is 1. The molecule has 1 aliphatic rings. The van der Waals surface area contributed by atoms with E-state index in [1.54, 1.807) is 0 Å². The molecule has 1 heterocycles. The maximum absolute atomic E-state index is 12.0. The molecule has 0 spiro atoms. The molecule has 5 nitrogen and oxygen atoms in total. The van der Waals surface area contributed by atoms with Crippen LogP contribution in [0.5, 0.6) is 0 Å². The van der Waals surface area contributed by atoms with Crippen molar-refractivity contribution in [1.82, 2.24) is 4.90 Å². The number of nitrogens with one attached hydrogen (secondary N) is 1. The number of rotatable bonds is 5. The molecular formula is C16H20N2O3. The molecule has 1 saturated heterocycles. The minimum Gasteiger partial charge on any atom is -0.326 e. The molecule has 21 heavy (non-hydrogen) atoms. The smallest absolute Gasteiger partial charge is 0.229 e. The van der Waals surface area contributed by atoms with E-state index in [1.807, 2.05) is 32.0 Å². The normalized spacial score (nSPS) is 14.7. The van der Waals surface area contributed by atoms with Crippen molar-refractivity contribution >= 4 is 23.4 Å². The Morgan fingerprint density at radius 3 is 2.52 bits per heavy atom. The van der Waals surface area contributed by atoms with E-state index in [4.69, 9.17) is 0 Å². The molecule has 0 aliphatic carbocycles. The van der Waals surface area contributed by atoms with Gasteiger partial charge in [0, 0.05) is 31.5 Å². The summed E-state index contributed by atoms with van der Waals surface area (Å²) in [5, 5.41) is 2.90. The van der Waals surface area contributed by atoms with E-state index >= 15 is 0 Å². The number of hydrogen-bond donors (Lipinski definition) is 1. The molecule has 1 aliphatic heterocycles. The van der Waals surface area contributed by atoms with Gasteiger partial charge in [-0.05, 0) is 24.5 Å². The first kappa shape index (κ1) is 15.2. The van der Waals surface area contributed by atoms with E-state index in [2.05, 4.69) is 5.32 Å². The van der Waals surface area contributed by atoms with Crippen molar-refractivity contribution in [2.24, 2.45) is 0 Å². The zero-order valence-corrected chi connectivity index (χ0v) is 12.4. The van der Waals surface area contributed by atoms with E-state index < -0.39 is 0 Å². The van der Waals surface area contributed by atoms with Crippen LogP contribution in [0.1, 0.15) is 37.3 Å². The van der Waals surface area contributed by atoms with Gasteiger partial charge < -0.3 is 5.32 Å². The topological polar surface area (TPSA) is 66.5 Å². The van der Waals surface area contributed by atoms with E-state index in [-0.39, 0.29) is 43.5 Å². The summed E-state index contributed by atoms with van der Waals surface area (Å²) in [7, 11) is 0. The number of aryl methyl sites for hydroxylation is 2. The molecule has 5 heteroatoms. The highest BCUT2D eigenvalue weighted by atomic mass is 16.2. The zero-order chi connectivity index (χ0) is 15.4. The standard InChI is InChI=1S/C16H20N2O3/c1-3-12-6-4-5-11(2)16(12)17-13(19)9-10-18-14(20)7-8-15(18)21/h4-6H,3,7-10H2,1-2H3,(H,17,19). The molecule has 0 aromatic heterocycles. The Kier molecular flexibility index (Phi) is 4.73. The molecule has 0 unspecified atom stereocenters. The zero-order valence-electron chi connectivity index (χ0n) is 12.4. The molecule has 1 aromatic carbocycles. The molecular weight excluding hydrogens is 268 g/mol. The van der Waals surface area contributed by atoms with Crippen LogP contribution in [0.15, 0.2) is 18.2 Å². The predicted octanol–water partition coefficient (Wildman–Crippen LogP) is 2.04. The van der Waals surface area contributed by atoms with Gasteiger partial charge in [0.05, 0.1) is 0 Å². The van der Waals surface area contributed by atoms with Crippen molar-refractivity contribution in [2.75, 3.05) is 11.9 Å². The SMILES string of the molecule is CCc1cccc(C)c1NC(=O)CCN1C(=O)CCC1=O. The number of imide groups is 1. The van der Waals surface area contributed by atoms with E-state index in [0.717, 1.165) is 23.2 Å². The van der Waals surface area contributed by atoms with Gasteiger partial charge in [-0.1, -0.05) is 25.1 Å². The minimum absolute atomic E-state index is 0.134. The monoisotopic (exact) mass is 288 g/mol. The summed E-state index contributed by atoms with van der Waals surface area (Å²) in [5.74, 6) is -0.539. The Morgan fingerprint density at radius 1 is 1.24 bits per heavy atom. The maximum Gasteiger partial charge on any atom is 0.229 e. The van der Waals surface area contributed by atoms with Crippen molar-refractivity contribution in [2.45, 2.75) is 39.5 Å². The summed E-state index contributed by atoms with van der Waals surface area (Å²) in [6.07, 6.45) is 1.49. The molecule has 0 saturated carbocycles. The van der Waals surface area contributed by atoms with Crippen LogP contribution in [0.3, 0.4) is 0 Å². The largest absolute Gasteiger partial charge is 0.326 e. The third-order valence-electron chi connectivity index (χ3n) is 3.72. The number of nitrogens with zero attached hydrogens (tertiary/aromatic N) is 1. The third-order valence-corrected chi connectivity index (χ3v) is 3.72. The average molecular weight is 288 g/mol. The fourth-order valence-corrected chi connectivity index (χ4v) is 2.49. The summed E-state index contributed by atoms with van der Waals surface area (Å²) in [4.78, 5) is 36.2. The highest BCUT2D eigenvalue weighted by Crippen LogP contribution is 2.21. The van der Waals surface area contributed by atoms with Gasteiger partial charge in [-0.3, -0.25) is 19.3 Å². The number of hydrogen-bond acceptors (Lipinski definition) is 3. The Hall–Kier alpha value is -2.17. The quantitative estimate of drug-likeness (QED) is 0.843. The van der Waals surface area contributed by atoms with Crippen molar-refractivity contribution in [1.29, 1.82) is 0 Å². The number of para-hydroxylation sites is 1. The lowest BCUT2D eigenvalue weighted by atomic mass is 10.1. The Morgan fingerprint density at radius 2 is 1.90 bits per heavy atom. The average Bonchev–Trinajstić information content (AvgIpc) is 2.78. The second-order valence-corrected chi connectivity index (χ2v) is 5.20. The van der Waals surface area contributed by atoms with Gasteiger partial charge in [0.1, 0.15) is 0 Å². The number of carbonyl (C=O) groups excluding carboxylic acids is 3. The molecule has 112 valence electrons. The number of benzene rings is 1. The second kappa shape index (κ2) is 6.52. The van der Waals surface area contributed by atoms with Crippen LogP contribution in [0.2, 0.25) is 0 Å². The molecule has 2 rings (SSSR count). The van der Waals surface area contributed by atoms with Gasteiger partial charge in [-0.2, -0.15) is 0 Å². The van der Waals surface area contributed by atoms with E-state index in [1.165, 1.54) is 4.90 Å². The summed E-state index contributed by atoms with van der Waals surface area (Å²) in [6.45, 7) is 4.14. The molecule has 1 aromatic rings. The fourth-order valence-electron chi connectivity index (χ4n) is 2.49. The lowest BCUT2D eigenvalue weighted by Gasteiger charge is -2.15. The minimum atomic E-state index is -0.182. The van der Waals surface area contributed by atoms with Crippen molar-refractivity contribution in [3.63, 3.8) is 0 Å². The number of anilines is 1. The second-order valence-electron chi connectivity index (χ2n) is 5.20. The summed E-state index contributed by atoms with van der Waals surface area (Å²) in [5.41, 5.74) is 2.93. The van der Waals surface area contributed by atoms with Crippen LogP contribution >= 0.6 is 0 Å². The molecule has 1 N–H and O–H groups in total. The van der Waals surface area contributed by atoms with Gasteiger partial charge in [0.2, 0.25) is 17.7 Å². The van der Waals surface area contributed by atoms with Crippen molar-refractivity contribution < 1.29 is 14.4 Å².